The quantitative estimate of drug-likeness (QED) is 0.671. The van der Waals surface area contributed by atoms with Gasteiger partial charge in [-0.1, -0.05) is 20.8 Å². The van der Waals surface area contributed by atoms with Gasteiger partial charge < -0.3 is 0 Å². The van der Waals surface area contributed by atoms with Crippen LogP contribution in [0.3, 0.4) is 0 Å². The molecule has 0 unspecified atom stereocenters. The van der Waals surface area contributed by atoms with Crippen molar-refractivity contribution < 1.29 is 0 Å². The summed E-state index contributed by atoms with van der Waals surface area (Å²) in [5.74, 6) is 2.01. The molecule has 2 heteroatoms. The predicted octanol–water partition coefficient (Wildman–Crippen LogP) is 2.54. The topological polar surface area (TPSA) is 25.8 Å². The van der Waals surface area contributed by atoms with Crippen molar-refractivity contribution in [3.8, 4) is 0 Å². The Morgan fingerprint density at radius 3 is 2.00 bits per heavy atom. The van der Waals surface area contributed by atoms with Gasteiger partial charge in [0.2, 0.25) is 0 Å². The first-order valence-corrected chi connectivity index (χ1v) is 4.40. The van der Waals surface area contributed by atoms with Crippen molar-refractivity contribution in [3.63, 3.8) is 0 Å². The summed E-state index contributed by atoms with van der Waals surface area (Å²) >= 11 is 0. The van der Waals surface area contributed by atoms with Gasteiger partial charge in [-0.15, -0.1) is 0 Å². The molecule has 0 N–H and O–H groups in total. The molecule has 0 bridgehead atoms. The highest BCUT2D eigenvalue weighted by atomic mass is 14.9. The van der Waals surface area contributed by atoms with E-state index in [9.17, 15) is 0 Å². The Morgan fingerprint density at radius 1 is 1.08 bits per heavy atom. The van der Waals surface area contributed by atoms with Crippen molar-refractivity contribution in [2.45, 2.75) is 33.6 Å². The van der Waals surface area contributed by atoms with Gasteiger partial charge in [0.1, 0.15) is 5.82 Å². The SMILES string of the molecule is Cc1cnc([C@@H](C)C(C)C)nc1. The van der Waals surface area contributed by atoms with Crippen molar-refractivity contribution in [2.24, 2.45) is 5.92 Å². The van der Waals surface area contributed by atoms with Crippen LogP contribution in [0.2, 0.25) is 0 Å². The molecule has 66 valence electrons. The minimum absolute atomic E-state index is 0.450. The lowest BCUT2D eigenvalue weighted by Gasteiger charge is -2.13. The van der Waals surface area contributed by atoms with Crippen molar-refractivity contribution in [1.29, 1.82) is 0 Å². The van der Waals surface area contributed by atoms with Crippen LogP contribution < -0.4 is 0 Å². The first-order valence-electron chi connectivity index (χ1n) is 4.40. The molecule has 0 aliphatic rings. The van der Waals surface area contributed by atoms with E-state index in [4.69, 9.17) is 0 Å². The maximum absolute atomic E-state index is 4.29. The molecular weight excluding hydrogens is 148 g/mol. The van der Waals surface area contributed by atoms with Gasteiger partial charge in [0, 0.05) is 18.3 Å². The second-order valence-electron chi connectivity index (χ2n) is 3.65. The van der Waals surface area contributed by atoms with Gasteiger partial charge in [0.05, 0.1) is 0 Å². The Labute approximate surface area is 74.1 Å². The highest BCUT2D eigenvalue weighted by molar-refractivity contribution is 5.04. The van der Waals surface area contributed by atoms with Crippen molar-refractivity contribution >= 4 is 0 Å². The van der Waals surface area contributed by atoms with Crippen molar-refractivity contribution in [3.05, 3.63) is 23.8 Å². The lowest BCUT2D eigenvalue weighted by molar-refractivity contribution is 0.510. The van der Waals surface area contributed by atoms with Gasteiger partial charge in [0.25, 0.3) is 0 Å². The molecule has 0 saturated heterocycles. The lowest BCUT2D eigenvalue weighted by Crippen LogP contribution is -2.06. The van der Waals surface area contributed by atoms with Gasteiger partial charge in [-0.25, -0.2) is 9.97 Å². The third-order valence-electron chi connectivity index (χ3n) is 2.21. The average Bonchev–Trinajstić information content (AvgIpc) is 2.04. The third-order valence-corrected chi connectivity index (χ3v) is 2.21. The summed E-state index contributed by atoms with van der Waals surface area (Å²) in [6, 6.07) is 0. The van der Waals surface area contributed by atoms with E-state index in [1.807, 2.05) is 19.3 Å². The number of hydrogen-bond acceptors (Lipinski definition) is 2. The summed E-state index contributed by atoms with van der Waals surface area (Å²) in [5, 5.41) is 0. The van der Waals surface area contributed by atoms with Crippen LogP contribution in [0.15, 0.2) is 12.4 Å². The summed E-state index contributed by atoms with van der Waals surface area (Å²) in [4.78, 5) is 8.58. The third kappa shape index (κ3) is 2.03. The van der Waals surface area contributed by atoms with Crippen LogP contribution in [-0.4, -0.2) is 9.97 Å². The molecule has 0 aliphatic heterocycles. The summed E-state index contributed by atoms with van der Waals surface area (Å²) in [6.45, 7) is 8.54. The summed E-state index contributed by atoms with van der Waals surface area (Å²) in [5.41, 5.74) is 1.12. The molecule has 0 fully saturated rings. The van der Waals surface area contributed by atoms with E-state index >= 15 is 0 Å². The minimum Gasteiger partial charge on any atom is -0.241 e. The number of rotatable bonds is 2. The van der Waals surface area contributed by atoms with E-state index in [1.165, 1.54) is 0 Å². The van der Waals surface area contributed by atoms with Gasteiger partial charge in [-0.05, 0) is 18.4 Å². The van der Waals surface area contributed by atoms with E-state index in [2.05, 4.69) is 30.7 Å². The van der Waals surface area contributed by atoms with Crippen molar-refractivity contribution in [2.75, 3.05) is 0 Å². The zero-order valence-electron chi connectivity index (χ0n) is 8.20. The monoisotopic (exact) mass is 164 g/mol. The molecule has 12 heavy (non-hydrogen) atoms. The Kier molecular flexibility index (Phi) is 2.79. The van der Waals surface area contributed by atoms with Crippen LogP contribution in [0.4, 0.5) is 0 Å². The highest BCUT2D eigenvalue weighted by Crippen LogP contribution is 2.19. The Bertz CT molecular complexity index is 239. The predicted molar refractivity (Wildman–Crippen MR) is 50.0 cm³/mol. The second-order valence-corrected chi connectivity index (χ2v) is 3.65. The molecule has 1 heterocycles. The van der Waals surface area contributed by atoms with E-state index in [0.717, 1.165) is 11.4 Å². The molecule has 0 amide bonds. The molecule has 1 aromatic rings. The average molecular weight is 164 g/mol. The molecule has 2 nitrogen and oxygen atoms in total. The van der Waals surface area contributed by atoms with Gasteiger partial charge >= 0.3 is 0 Å². The van der Waals surface area contributed by atoms with Crippen molar-refractivity contribution in [1.82, 2.24) is 9.97 Å². The molecular formula is C10H16N2. The zero-order valence-corrected chi connectivity index (χ0v) is 8.20. The molecule has 0 aliphatic carbocycles. The largest absolute Gasteiger partial charge is 0.241 e. The van der Waals surface area contributed by atoms with E-state index in [1.54, 1.807) is 0 Å². The molecule has 1 atom stereocenters. The van der Waals surface area contributed by atoms with Crippen LogP contribution in [0.1, 0.15) is 38.1 Å². The highest BCUT2D eigenvalue weighted by Gasteiger charge is 2.11. The van der Waals surface area contributed by atoms with Gasteiger partial charge in [0.15, 0.2) is 0 Å². The molecule has 1 rings (SSSR count). The molecule has 0 saturated carbocycles. The van der Waals surface area contributed by atoms with Gasteiger partial charge in [-0.2, -0.15) is 0 Å². The first-order chi connectivity index (χ1) is 5.61. The van der Waals surface area contributed by atoms with Crippen LogP contribution in [0.5, 0.6) is 0 Å². The Morgan fingerprint density at radius 2 is 1.58 bits per heavy atom. The van der Waals surface area contributed by atoms with Crippen LogP contribution in [-0.2, 0) is 0 Å². The van der Waals surface area contributed by atoms with E-state index < -0.39 is 0 Å². The fraction of sp³-hybridized carbons (Fsp3) is 0.600. The van der Waals surface area contributed by atoms with E-state index in [0.29, 0.717) is 11.8 Å². The van der Waals surface area contributed by atoms with Crippen LogP contribution in [0, 0.1) is 12.8 Å². The zero-order chi connectivity index (χ0) is 9.14. The maximum Gasteiger partial charge on any atom is 0.131 e. The summed E-state index contributed by atoms with van der Waals surface area (Å²) in [7, 11) is 0. The number of hydrogen-bond donors (Lipinski definition) is 0. The minimum atomic E-state index is 0.450. The maximum atomic E-state index is 4.29. The molecule has 0 aromatic carbocycles. The van der Waals surface area contributed by atoms with E-state index in [-0.39, 0.29) is 0 Å². The second kappa shape index (κ2) is 3.65. The number of aromatic nitrogens is 2. The number of aryl methyl sites for hydroxylation is 1. The molecule has 1 aromatic heterocycles. The first kappa shape index (κ1) is 9.17. The normalized spacial score (nSPS) is 13.4. The Balaban J connectivity index is 2.82. The summed E-state index contributed by atoms with van der Waals surface area (Å²) < 4.78 is 0. The lowest BCUT2D eigenvalue weighted by atomic mass is 9.97. The summed E-state index contributed by atoms with van der Waals surface area (Å²) in [6.07, 6.45) is 3.75. The standard InChI is InChI=1S/C10H16N2/c1-7(2)9(4)10-11-5-8(3)6-12-10/h5-7,9H,1-4H3/t9-/m0/s1. The smallest absolute Gasteiger partial charge is 0.131 e. The molecule has 0 spiro atoms. The van der Waals surface area contributed by atoms with Gasteiger partial charge in [-0.3, -0.25) is 0 Å². The fourth-order valence-electron chi connectivity index (χ4n) is 0.936. The molecule has 0 radical (unpaired) electrons. The van der Waals surface area contributed by atoms with Crippen LogP contribution in [0.25, 0.3) is 0 Å². The Hall–Kier alpha value is -0.920. The fourth-order valence-corrected chi connectivity index (χ4v) is 0.936. The van der Waals surface area contributed by atoms with Crippen LogP contribution >= 0.6 is 0 Å². The number of nitrogens with zero attached hydrogens (tertiary/aromatic N) is 2.